The number of pyridine rings is 1. The molecule has 0 fully saturated rings. The van der Waals surface area contributed by atoms with Gasteiger partial charge in [-0.2, -0.15) is 5.26 Å². The van der Waals surface area contributed by atoms with E-state index in [-0.39, 0.29) is 17.2 Å². The van der Waals surface area contributed by atoms with Crippen molar-refractivity contribution in [3.8, 4) is 28.7 Å². The van der Waals surface area contributed by atoms with Gasteiger partial charge in [-0.3, -0.25) is 10.5 Å². The number of nitrogens with two attached hydrogens (primary N) is 2. The zero-order valence-electron chi connectivity index (χ0n) is 16.9. The third kappa shape index (κ3) is 3.41. The average molecular weight is 431 g/mol. The Labute approximate surface area is 182 Å². The van der Waals surface area contributed by atoms with Crippen molar-refractivity contribution >= 4 is 38.8 Å². The number of fused-ring (bicyclic) bond motifs is 1. The van der Waals surface area contributed by atoms with E-state index in [2.05, 4.69) is 11.1 Å². The molecule has 0 amide bonds. The summed E-state index contributed by atoms with van der Waals surface area (Å²) in [4.78, 5) is 17.2. The third-order valence-corrected chi connectivity index (χ3v) is 6.13. The SMILES string of the molecule is COc1ccc(C(=O)c2sc3[nH+]c(N)c(C#N)c(-c4ccc(OC)cc4)c3c2N)cc1. The van der Waals surface area contributed by atoms with E-state index in [1.165, 1.54) is 11.3 Å². The molecule has 0 unspecified atom stereocenters. The Morgan fingerprint density at radius 1 is 1.00 bits per heavy atom. The van der Waals surface area contributed by atoms with Gasteiger partial charge in [-0.1, -0.05) is 23.5 Å². The summed E-state index contributed by atoms with van der Waals surface area (Å²) in [5.41, 5.74) is 15.0. The number of aromatic nitrogens is 1. The fourth-order valence-corrected chi connectivity index (χ4v) is 4.53. The molecule has 5 N–H and O–H groups in total. The predicted octanol–water partition coefficient (Wildman–Crippen LogP) is 3.67. The van der Waals surface area contributed by atoms with Crippen molar-refractivity contribution in [2.45, 2.75) is 0 Å². The lowest BCUT2D eigenvalue weighted by molar-refractivity contribution is -0.323. The second-order valence-corrected chi connectivity index (χ2v) is 7.76. The summed E-state index contributed by atoms with van der Waals surface area (Å²) in [6.07, 6.45) is 0. The molecule has 0 aliphatic rings. The van der Waals surface area contributed by atoms with Crippen molar-refractivity contribution in [2.75, 3.05) is 25.7 Å². The maximum Gasteiger partial charge on any atom is 0.290 e. The van der Waals surface area contributed by atoms with Crippen LogP contribution in [0.25, 0.3) is 21.3 Å². The molecule has 0 spiro atoms. The van der Waals surface area contributed by atoms with Crippen LogP contribution in [0.4, 0.5) is 11.5 Å². The van der Waals surface area contributed by atoms with Crippen LogP contribution in [0.1, 0.15) is 20.8 Å². The number of H-pyrrole nitrogens is 1. The van der Waals surface area contributed by atoms with Crippen LogP contribution in [0.15, 0.2) is 48.5 Å². The van der Waals surface area contributed by atoms with E-state index in [4.69, 9.17) is 20.9 Å². The van der Waals surface area contributed by atoms with Crippen molar-refractivity contribution in [2.24, 2.45) is 0 Å². The highest BCUT2D eigenvalue weighted by molar-refractivity contribution is 7.21. The number of nitrogen functional groups attached to an aromatic ring is 2. The number of ketones is 1. The lowest BCUT2D eigenvalue weighted by Gasteiger charge is -2.08. The molecule has 2 aromatic carbocycles. The zero-order chi connectivity index (χ0) is 22.1. The topological polar surface area (TPSA) is 126 Å². The molecule has 2 heterocycles. The van der Waals surface area contributed by atoms with E-state index in [1.54, 1.807) is 50.6 Å². The molecular formula is C23H19N4O3S+. The zero-order valence-corrected chi connectivity index (χ0v) is 17.7. The number of anilines is 2. The number of thiophene rings is 1. The standard InChI is InChI=1S/C23H18N4O3S/c1-29-14-7-3-12(4-8-14)17-16(11-24)22(26)27-23-18(17)19(25)21(31-23)20(28)13-5-9-15(30-2)10-6-13/h3-10H,25H2,1-2H3,(H2,26,27)/p+1. The molecule has 4 aromatic rings. The van der Waals surface area contributed by atoms with Crippen LogP contribution in [0.2, 0.25) is 0 Å². The molecule has 0 aliphatic heterocycles. The largest absolute Gasteiger partial charge is 0.497 e. The Kier molecular flexibility index (Phi) is 5.19. The molecule has 7 nitrogen and oxygen atoms in total. The fourth-order valence-electron chi connectivity index (χ4n) is 3.43. The Morgan fingerprint density at radius 3 is 2.13 bits per heavy atom. The van der Waals surface area contributed by atoms with Crippen LogP contribution >= 0.6 is 11.3 Å². The second-order valence-electron chi connectivity index (χ2n) is 6.74. The van der Waals surface area contributed by atoms with Gasteiger partial charge in [0.25, 0.3) is 5.82 Å². The van der Waals surface area contributed by atoms with E-state index < -0.39 is 0 Å². The van der Waals surface area contributed by atoms with Crippen LogP contribution in [0, 0.1) is 11.3 Å². The van der Waals surface area contributed by atoms with Crippen molar-refractivity contribution < 1.29 is 19.3 Å². The van der Waals surface area contributed by atoms with Gasteiger partial charge in [-0.15, -0.1) is 0 Å². The Morgan fingerprint density at radius 2 is 1.58 bits per heavy atom. The van der Waals surface area contributed by atoms with Crippen molar-refractivity contribution in [3.05, 3.63) is 64.5 Å². The molecule has 31 heavy (non-hydrogen) atoms. The Bertz CT molecular complexity index is 1340. The first kappa shape index (κ1) is 20.2. The van der Waals surface area contributed by atoms with E-state index in [0.29, 0.717) is 43.4 Å². The minimum atomic E-state index is -0.215. The number of methoxy groups -OCH3 is 2. The number of carbonyl (C=O) groups excluding carboxylic acids is 1. The highest BCUT2D eigenvalue weighted by atomic mass is 32.1. The Hall–Kier alpha value is -4.09. The maximum absolute atomic E-state index is 13.2. The molecule has 0 saturated heterocycles. The quantitative estimate of drug-likeness (QED) is 0.465. The molecule has 4 rings (SSSR count). The summed E-state index contributed by atoms with van der Waals surface area (Å²) in [6.45, 7) is 0. The van der Waals surface area contributed by atoms with Crippen molar-refractivity contribution in [1.82, 2.24) is 0 Å². The number of rotatable bonds is 5. The summed E-state index contributed by atoms with van der Waals surface area (Å²) in [6, 6.07) is 16.2. The maximum atomic E-state index is 13.2. The molecular weight excluding hydrogens is 412 g/mol. The smallest absolute Gasteiger partial charge is 0.290 e. The first-order chi connectivity index (χ1) is 15.0. The van der Waals surface area contributed by atoms with E-state index >= 15 is 0 Å². The summed E-state index contributed by atoms with van der Waals surface area (Å²) in [5.74, 6) is 1.34. The number of nitriles is 1. The van der Waals surface area contributed by atoms with E-state index in [1.807, 2.05) is 12.1 Å². The number of nitrogens with zero attached hydrogens (tertiary/aromatic N) is 1. The number of nitrogens with one attached hydrogen (secondary N) is 1. The summed E-state index contributed by atoms with van der Waals surface area (Å²) >= 11 is 1.21. The van der Waals surface area contributed by atoms with Gasteiger partial charge in [0, 0.05) is 11.1 Å². The minimum Gasteiger partial charge on any atom is -0.497 e. The average Bonchev–Trinajstić information content (AvgIpc) is 3.13. The van der Waals surface area contributed by atoms with E-state index in [0.717, 1.165) is 5.56 Å². The molecule has 8 heteroatoms. The van der Waals surface area contributed by atoms with Crippen molar-refractivity contribution in [3.63, 3.8) is 0 Å². The van der Waals surface area contributed by atoms with Gasteiger partial charge >= 0.3 is 0 Å². The number of carbonyl (C=O) groups is 1. The molecule has 0 atom stereocenters. The molecule has 0 radical (unpaired) electrons. The number of hydrogen-bond acceptors (Lipinski definition) is 7. The normalized spacial score (nSPS) is 10.6. The molecule has 154 valence electrons. The van der Waals surface area contributed by atoms with Gasteiger partial charge in [0.1, 0.15) is 28.0 Å². The van der Waals surface area contributed by atoms with Crippen LogP contribution in [-0.4, -0.2) is 20.0 Å². The summed E-state index contributed by atoms with van der Waals surface area (Å²) in [7, 11) is 3.14. The Balaban J connectivity index is 1.94. The summed E-state index contributed by atoms with van der Waals surface area (Å²) in [5, 5.41) is 10.4. The van der Waals surface area contributed by atoms with E-state index in [9.17, 15) is 10.1 Å². The van der Waals surface area contributed by atoms with Crippen LogP contribution in [0.3, 0.4) is 0 Å². The summed E-state index contributed by atoms with van der Waals surface area (Å²) < 4.78 is 10.4. The first-order valence-corrected chi connectivity index (χ1v) is 10.1. The van der Waals surface area contributed by atoms with Crippen LogP contribution < -0.4 is 25.9 Å². The predicted molar refractivity (Wildman–Crippen MR) is 120 cm³/mol. The van der Waals surface area contributed by atoms with Gasteiger partial charge in [0.2, 0.25) is 5.78 Å². The number of benzene rings is 2. The molecule has 2 aromatic heterocycles. The highest BCUT2D eigenvalue weighted by Gasteiger charge is 2.27. The number of hydrogen-bond donors (Lipinski definition) is 2. The lowest BCUT2D eigenvalue weighted by atomic mass is 9.96. The van der Waals surface area contributed by atoms with Crippen LogP contribution in [0.5, 0.6) is 11.5 Å². The van der Waals surface area contributed by atoms with Gasteiger partial charge in [-0.05, 0) is 42.0 Å². The fraction of sp³-hybridized carbons (Fsp3) is 0.0870. The number of ether oxygens (including phenoxy) is 2. The minimum absolute atomic E-state index is 0.213. The van der Waals surface area contributed by atoms with Gasteiger partial charge < -0.3 is 15.2 Å². The van der Waals surface area contributed by atoms with Gasteiger partial charge in [0.15, 0.2) is 4.83 Å². The molecule has 0 saturated carbocycles. The van der Waals surface area contributed by atoms with Gasteiger partial charge in [-0.25, -0.2) is 4.98 Å². The molecule has 0 bridgehead atoms. The first-order valence-electron chi connectivity index (χ1n) is 9.28. The number of aromatic amines is 1. The van der Waals surface area contributed by atoms with Crippen molar-refractivity contribution in [1.29, 1.82) is 5.26 Å². The lowest BCUT2D eigenvalue weighted by Crippen LogP contribution is -2.13. The monoisotopic (exact) mass is 431 g/mol. The third-order valence-electron chi connectivity index (χ3n) is 5.01. The molecule has 0 aliphatic carbocycles. The highest BCUT2D eigenvalue weighted by Crippen LogP contribution is 2.42. The second kappa shape index (κ2) is 7.97. The van der Waals surface area contributed by atoms with Crippen LogP contribution in [-0.2, 0) is 0 Å². The van der Waals surface area contributed by atoms with Gasteiger partial charge in [0.05, 0.1) is 25.3 Å².